The first kappa shape index (κ1) is 24.9. The summed E-state index contributed by atoms with van der Waals surface area (Å²) in [5, 5.41) is 9.42. The van der Waals surface area contributed by atoms with Gasteiger partial charge in [-0.05, 0) is 67.0 Å². The van der Waals surface area contributed by atoms with Crippen molar-refractivity contribution >= 4 is 27.6 Å². The van der Waals surface area contributed by atoms with Crippen LogP contribution in [-0.4, -0.2) is 31.0 Å². The van der Waals surface area contributed by atoms with E-state index in [0.717, 1.165) is 30.4 Å². The maximum absolute atomic E-state index is 12.8. The number of benzene rings is 2. The van der Waals surface area contributed by atoms with Crippen LogP contribution in [0.1, 0.15) is 48.3 Å². The molecular formula is C25H27ClN2O4S. The lowest BCUT2D eigenvalue weighted by Crippen LogP contribution is -2.29. The van der Waals surface area contributed by atoms with E-state index in [0.29, 0.717) is 5.56 Å². The van der Waals surface area contributed by atoms with Gasteiger partial charge in [0, 0.05) is 18.9 Å². The second-order valence-electron chi connectivity index (χ2n) is 7.96. The molecule has 1 heterocycles. The molecule has 1 aromatic heterocycles. The van der Waals surface area contributed by atoms with Crippen LogP contribution in [0.15, 0.2) is 78.0 Å². The summed E-state index contributed by atoms with van der Waals surface area (Å²) < 4.78 is 28.4. The van der Waals surface area contributed by atoms with Crippen molar-refractivity contribution in [1.29, 1.82) is 0 Å². The summed E-state index contributed by atoms with van der Waals surface area (Å²) in [6.07, 6.45) is 5.98. The zero-order chi connectivity index (χ0) is 23.8. The fourth-order valence-corrected chi connectivity index (χ4v) is 5.23. The number of sulfonamides is 1. The summed E-state index contributed by atoms with van der Waals surface area (Å²) in [6, 6.07) is 17.6. The van der Waals surface area contributed by atoms with Crippen LogP contribution in [0.2, 0.25) is 5.02 Å². The number of aromatic nitrogens is 1. The number of aliphatic carboxylic acids is 1. The predicted molar refractivity (Wildman–Crippen MR) is 129 cm³/mol. The molecule has 33 heavy (non-hydrogen) atoms. The van der Waals surface area contributed by atoms with Crippen LogP contribution >= 0.6 is 11.6 Å². The van der Waals surface area contributed by atoms with E-state index < -0.39 is 21.9 Å². The van der Waals surface area contributed by atoms with Gasteiger partial charge in [-0.15, -0.1) is 0 Å². The number of nitrogens with one attached hydrogen (secondary N) is 1. The number of carboxylic acids is 1. The molecule has 0 saturated carbocycles. The topological polar surface area (TPSA) is 96.4 Å². The van der Waals surface area contributed by atoms with Gasteiger partial charge in [0.1, 0.15) is 4.90 Å². The molecule has 3 rings (SSSR count). The van der Waals surface area contributed by atoms with Crippen LogP contribution in [0.5, 0.6) is 0 Å². The van der Waals surface area contributed by atoms with Gasteiger partial charge in [-0.25, -0.2) is 13.1 Å². The number of carboxylic acid groups (broad SMARTS) is 1. The van der Waals surface area contributed by atoms with Gasteiger partial charge in [0.2, 0.25) is 10.0 Å². The Morgan fingerprint density at radius 3 is 2.39 bits per heavy atom. The first-order chi connectivity index (χ1) is 15.8. The van der Waals surface area contributed by atoms with Gasteiger partial charge in [0.05, 0.1) is 10.9 Å². The zero-order valence-corrected chi connectivity index (χ0v) is 19.9. The number of hydrogen-bond donors (Lipinski definition) is 2. The molecule has 3 aromatic rings. The SMILES string of the molecule is CC(C(=O)O)c1ccc(C(CCCc2cccnc2)CNS(=O)(=O)c2ccccc2Cl)cc1. The van der Waals surface area contributed by atoms with E-state index in [4.69, 9.17) is 11.6 Å². The van der Waals surface area contributed by atoms with Gasteiger partial charge < -0.3 is 5.11 Å². The Morgan fingerprint density at radius 1 is 1.06 bits per heavy atom. The van der Waals surface area contributed by atoms with Crippen LogP contribution in [0, 0.1) is 0 Å². The van der Waals surface area contributed by atoms with E-state index in [1.165, 1.54) is 6.07 Å². The van der Waals surface area contributed by atoms with Gasteiger partial charge in [-0.2, -0.15) is 0 Å². The van der Waals surface area contributed by atoms with Crippen LogP contribution in [0.4, 0.5) is 0 Å². The quantitative estimate of drug-likeness (QED) is 0.397. The van der Waals surface area contributed by atoms with Crippen molar-refractivity contribution in [1.82, 2.24) is 9.71 Å². The number of halogens is 1. The van der Waals surface area contributed by atoms with E-state index in [2.05, 4.69) is 9.71 Å². The Hall–Kier alpha value is -2.74. The van der Waals surface area contributed by atoms with Gasteiger partial charge in [-0.3, -0.25) is 9.78 Å². The number of nitrogens with zero attached hydrogens (tertiary/aromatic N) is 1. The van der Waals surface area contributed by atoms with E-state index in [1.807, 2.05) is 30.5 Å². The maximum atomic E-state index is 12.8. The second kappa shape index (κ2) is 11.4. The molecule has 174 valence electrons. The van der Waals surface area contributed by atoms with Gasteiger partial charge in [-0.1, -0.05) is 54.1 Å². The third-order valence-electron chi connectivity index (χ3n) is 5.67. The number of carbonyl (C=O) groups is 1. The summed E-state index contributed by atoms with van der Waals surface area (Å²) in [4.78, 5) is 15.5. The Labute approximate surface area is 199 Å². The van der Waals surface area contributed by atoms with Crippen LogP contribution in [0.3, 0.4) is 0 Å². The molecule has 2 atom stereocenters. The summed E-state index contributed by atoms with van der Waals surface area (Å²) in [5.74, 6) is -1.59. The predicted octanol–water partition coefficient (Wildman–Crippen LogP) is 5.01. The lowest BCUT2D eigenvalue weighted by atomic mass is 9.90. The average molecular weight is 487 g/mol. The molecule has 0 spiro atoms. The van der Waals surface area contributed by atoms with Crippen molar-refractivity contribution < 1.29 is 18.3 Å². The Bertz CT molecular complexity index is 1170. The molecule has 0 radical (unpaired) electrons. The molecule has 0 aliphatic carbocycles. The Morgan fingerprint density at radius 2 is 1.76 bits per heavy atom. The Balaban J connectivity index is 1.76. The summed E-state index contributed by atoms with van der Waals surface area (Å²) in [6.45, 7) is 1.84. The fourth-order valence-electron chi connectivity index (χ4n) is 3.64. The third-order valence-corrected chi connectivity index (χ3v) is 7.59. The molecule has 2 N–H and O–H groups in total. The average Bonchev–Trinajstić information content (AvgIpc) is 2.81. The smallest absolute Gasteiger partial charge is 0.310 e. The first-order valence-electron chi connectivity index (χ1n) is 10.7. The molecule has 0 aliphatic rings. The van der Waals surface area contributed by atoms with E-state index in [9.17, 15) is 18.3 Å². The number of hydrogen-bond acceptors (Lipinski definition) is 4. The number of pyridine rings is 1. The summed E-state index contributed by atoms with van der Waals surface area (Å²) in [5.41, 5.74) is 2.78. The van der Waals surface area contributed by atoms with Crippen molar-refractivity contribution in [3.8, 4) is 0 Å². The van der Waals surface area contributed by atoms with Crippen molar-refractivity contribution in [3.05, 3.63) is 94.8 Å². The third kappa shape index (κ3) is 6.87. The lowest BCUT2D eigenvalue weighted by molar-refractivity contribution is -0.138. The molecular weight excluding hydrogens is 460 g/mol. The minimum absolute atomic E-state index is 0.0476. The molecule has 0 fully saturated rings. The summed E-state index contributed by atoms with van der Waals surface area (Å²) >= 11 is 6.09. The van der Waals surface area contributed by atoms with E-state index >= 15 is 0 Å². The molecule has 2 unspecified atom stereocenters. The highest BCUT2D eigenvalue weighted by atomic mass is 35.5. The minimum Gasteiger partial charge on any atom is -0.481 e. The molecule has 0 bridgehead atoms. The van der Waals surface area contributed by atoms with Crippen molar-refractivity contribution in [2.24, 2.45) is 0 Å². The monoisotopic (exact) mass is 486 g/mol. The summed E-state index contributed by atoms with van der Waals surface area (Å²) in [7, 11) is -3.77. The maximum Gasteiger partial charge on any atom is 0.310 e. The molecule has 0 aliphatic heterocycles. The second-order valence-corrected chi connectivity index (χ2v) is 10.1. The van der Waals surface area contributed by atoms with Gasteiger partial charge >= 0.3 is 5.97 Å². The highest BCUT2D eigenvalue weighted by molar-refractivity contribution is 7.89. The minimum atomic E-state index is -3.77. The van der Waals surface area contributed by atoms with Gasteiger partial charge in [0.15, 0.2) is 0 Å². The Kier molecular flexibility index (Phi) is 8.61. The van der Waals surface area contributed by atoms with Gasteiger partial charge in [0.25, 0.3) is 0 Å². The number of rotatable bonds is 11. The standard InChI is InChI=1S/C25H27ClN2O4S/c1-18(25(29)30)20-11-13-21(14-12-20)22(8-4-6-19-7-5-15-27-16-19)17-28-33(31,32)24-10-3-2-9-23(24)26/h2-3,5,7,9-16,18,22,28H,4,6,8,17H2,1H3,(H,29,30). The van der Waals surface area contributed by atoms with Crippen molar-refractivity contribution in [2.45, 2.75) is 42.9 Å². The number of aryl methyl sites for hydroxylation is 1. The van der Waals surface area contributed by atoms with Crippen molar-refractivity contribution in [3.63, 3.8) is 0 Å². The molecule has 2 aromatic carbocycles. The van der Waals surface area contributed by atoms with E-state index in [-0.39, 0.29) is 22.4 Å². The molecule has 0 saturated heterocycles. The normalized spacial score (nSPS) is 13.4. The highest BCUT2D eigenvalue weighted by Crippen LogP contribution is 2.26. The van der Waals surface area contributed by atoms with Crippen LogP contribution in [-0.2, 0) is 21.2 Å². The van der Waals surface area contributed by atoms with Crippen LogP contribution < -0.4 is 4.72 Å². The lowest BCUT2D eigenvalue weighted by Gasteiger charge is -2.19. The largest absolute Gasteiger partial charge is 0.481 e. The fraction of sp³-hybridized carbons (Fsp3) is 0.280. The van der Waals surface area contributed by atoms with Crippen molar-refractivity contribution in [2.75, 3.05) is 6.54 Å². The van der Waals surface area contributed by atoms with E-state index in [1.54, 1.807) is 43.5 Å². The highest BCUT2D eigenvalue weighted by Gasteiger charge is 2.21. The molecule has 0 amide bonds. The first-order valence-corrected chi connectivity index (χ1v) is 12.6. The molecule has 6 nitrogen and oxygen atoms in total. The molecule has 8 heteroatoms. The van der Waals surface area contributed by atoms with Crippen LogP contribution in [0.25, 0.3) is 0 Å². The zero-order valence-electron chi connectivity index (χ0n) is 18.3.